The van der Waals surface area contributed by atoms with Gasteiger partial charge in [0.05, 0.1) is 16.0 Å². The Balaban J connectivity index is 1.41. The number of fused-ring (bicyclic) bond motifs is 1. The number of aromatic nitrogens is 3. The van der Waals surface area contributed by atoms with Crippen molar-refractivity contribution in [3.63, 3.8) is 0 Å². The van der Waals surface area contributed by atoms with Crippen molar-refractivity contribution in [2.24, 2.45) is 0 Å². The highest BCUT2D eigenvalue weighted by Crippen LogP contribution is 2.28. The van der Waals surface area contributed by atoms with Gasteiger partial charge in [0.25, 0.3) is 10.0 Å². The molecular formula is C24H21FN6O4S. The second kappa shape index (κ2) is 9.38. The Morgan fingerprint density at radius 2 is 1.67 bits per heavy atom. The molecule has 0 bridgehead atoms. The number of aromatic carboxylic acids is 1. The molecular weight excluding hydrogens is 487 g/mol. The van der Waals surface area contributed by atoms with Crippen LogP contribution in [0.3, 0.4) is 0 Å². The standard InChI is InChI=1S/C24H21FN6O4S/c25-16-3-1-4-18(13-16)36(34,35)29-17-5-6-21-19(14-17)20(23(32)33)15-22(28-21)30-9-11-31(12-10-30)24-26-7-2-8-27-24/h1-8,13-15,29H,9-12H2,(H,32,33). The van der Waals surface area contributed by atoms with E-state index in [1.54, 1.807) is 24.5 Å². The molecule has 1 aliphatic rings. The molecule has 2 aromatic heterocycles. The van der Waals surface area contributed by atoms with Crippen LogP contribution in [0.2, 0.25) is 0 Å². The van der Waals surface area contributed by atoms with Crippen molar-refractivity contribution in [2.75, 3.05) is 40.7 Å². The molecule has 0 unspecified atom stereocenters. The zero-order valence-corrected chi connectivity index (χ0v) is 19.7. The van der Waals surface area contributed by atoms with Crippen LogP contribution in [0.4, 0.5) is 21.8 Å². The molecule has 0 radical (unpaired) electrons. The summed E-state index contributed by atoms with van der Waals surface area (Å²) in [6.07, 6.45) is 3.37. The molecule has 0 spiro atoms. The van der Waals surface area contributed by atoms with E-state index in [2.05, 4.69) is 19.7 Å². The van der Waals surface area contributed by atoms with Crippen molar-refractivity contribution in [1.82, 2.24) is 15.0 Å². The minimum atomic E-state index is -4.07. The average Bonchev–Trinajstić information content (AvgIpc) is 2.88. The fourth-order valence-corrected chi connectivity index (χ4v) is 5.13. The summed E-state index contributed by atoms with van der Waals surface area (Å²) in [5, 5.41) is 10.2. The van der Waals surface area contributed by atoms with Crippen LogP contribution in [0.1, 0.15) is 10.4 Å². The molecule has 12 heteroatoms. The summed E-state index contributed by atoms with van der Waals surface area (Å²) in [7, 11) is -4.07. The number of nitrogens with one attached hydrogen (secondary N) is 1. The van der Waals surface area contributed by atoms with Gasteiger partial charge >= 0.3 is 5.97 Å². The van der Waals surface area contributed by atoms with Crippen molar-refractivity contribution in [1.29, 1.82) is 0 Å². The van der Waals surface area contributed by atoms with Crippen LogP contribution in [0.5, 0.6) is 0 Å². The molecule has 10 nitrogen and oxygen atoms in total. The van der Waals surface area contributed by atoms with E-state index in [-0.39, 0.29) is 21.5 Å². The van der Waals surface area contributed by atoms with Crippen LogP contribution in [-0.2, 0) is 10.0 Å². The Hall–Kier alpha value is -4.32. The normalized spacial score (nSPS) is 14.1. The zero-order chi connectivity index (χ0) is 25.3. The fraction of sp³-hybridized carbons (Fsp3) is 0.167. The fourth-order valence-electron chi connectivity index (χ4n) is 4.05. The third kappa shape index (κ3) is 4.75. The highest BCUT2D eigenvalue weighted by Gasteiger charge is 2.23. The summed E-state index contributed by atoms with van der Waals surface area (Å²) in [6.45, 7) is 2.49. The summed E-state index contributed by atoms with van der Waals surface area (Å²) in [6, 6.07) is 12.3. The monoisotopic (exact) mass is 508 g/mol. The molecule has 0 amide bonds. The summed E-state index contributed by atoms with van der Waals surface area (Å²) >= 11 is 0. The van der Waals surface area contributed by atoms with Crippen LogP contribution >= 0.6 is 0 Å². The molecule has 1 aliphatic heterocycles. The predicted molar refractivity (Wildman–Crippen MR) is 132 cm³/mol. The van der Waals surface area contributed by atoms with Gasteiger partial charge in [-0.05, 0) is 48.5 Å². The van der Waals surface area contributed by atoms with E-state index in [0.29, 0.717) is 43.5 Å². The molecule has 1 saturated heterocycles. The van der Waals surface area contributed by atoms with E-state index >= 15 is 0 Å². The SMILES string of the molecule is O=C(O)c1cc(N2CCN(c3ncccn3)CC2)nc2ccc(NS(=O)(=O)c3cccc(F)c3)cc12. The van der Waals surface area contributed by atoms with Crippen molar-refractivity contribution in [2.45, 2.75) is 4.90 Å². The van der Waals surface area contributed by atoms with Gasteiger partial charge in [-0.1, -0.05) is 6.07 Å². The van der Waals surface area contributed by atoms with E-state index in [1.807, 2.05) is 9.80 Å². The number of anilines is 3. The third-order valence-corrected chi connectivity index (χ3v) is 7.20. The van der Waals surface area contributed by atoms with Gasteiger partial charge < -0.3 is 14.9 Å². The maximum absolute atomic E-state index is 13.5. The molecule has 2 aromatic carbocycles. The maximum Gasteiger partial charge on any atom is 0.336 e. The van der Waals surface area contributed by atoms with Gasteiger partial charge in [-0.25, -0.2) is 32.6 Å². The van der Waals surface area contributed by atoms with E-state index < -0.39 is 21.8 Å². The maximum atomic E-state index is 13.5. The minimum Gasteiger partial charge on any atom is -0.478 e. The van der Waals surface area contributed by atoms with Crippen molar-refractivity contribution in [3.05, 3.63) is 78.4 Å². The molecule has 0 saturated carbocycles. The highest BCUT2D eigenvalue weighted by molar-refractivity contribution is 7.92. The first kappa shape index (κ1) is 23.4. The van der Waals surface area contributed by atoms with Gasteiger partial charge in [0.15, 0.2) is 0 Å². The molecule has 0 aliphatic carbocycles. The Kier molecular flexibility index (Phi) is 6.10. The Bertz CT molecular complexity index is 1540. The molecule has 5 rings (SSSR count). The predicted octanol–water partition coefficient (Wildman–Crippen LogP) is 2.99. The largest absolute Gasteiger partial charge is 0.478 e. The van der Waals surface area contributed by atoms with Gasteiger partial charge in [-0.3, -0.25) is 4.72 Å². The molecule has 36 heavy (non-hydrogen) atoms. The van der Waals surface area contributed by atoms with Gasteiger partial charge in [-0.15, -0.1) is 0 Å². The van der Waals surface area contributed by atoms with E-state index in [4.69, 9.17) is 0 Å². The lowest BCUT2D eigenvalue weighted by Gasteiger charge is -2.35. The second-order valence-corrected chi connectivity index (χ2v) is 9.83. The van der Waals surface area contributed by atoms with Crippen LogP contribution in [-0.4, -0.2) is 60.6 Å². The number of piperazine rings is 1. The number of halogens is 1. The molecule has 0 atom stereocenters. The van der Waals surface area contributed by atoms with Crippen LogP contribution in [0, 0.1) is 5.82 Å². The summed E-state index contributed by atoms with van der Waals surface area (Å²) in [5.41, 5.74) is 0.545. The minimum absolute atomic E-state index is 0.00405. The molecule has 4 aromatic rings. The summed E-state index contributed by atoms with van der Waals surface area (Å²) < 4.78 is 41.2. The summed E-state index contributed by atoms with van der Waals surface area (Å²) in [5.74, 6) is -0.687. The molecule has 3 heterocycles. The number of carboxylic acids is 1. The lowest BCUT2D eigenvalue weighted by molar-refractivity contribution is 0.0699. The van der Waals surface area contributed by atoms with Crippen LogP contribution < -0.4 is 14.5 Å². The van der Waals surface area contributed by atoms with E-state index in [0.717, 1.165) is 12.1 Å². The first-order chi connectivity index (χ1) is 17.3. The number of hydrogen-bond acceptors (Lipinski definition) is 8. The molecule has 184 valence electrons. The molecule has 1 fully saturated rings. The molecule has 2 N–H and O–H groups in total. The first-order valence-corrected chi connectivity index (χ1v) is 12.5. The lowest BCUT2D eigenvalue weighted by atomic mass is 10.1. The van der Waals surface area contributed by atoms with E-state index in [1.165, 1.54) is 30.3 Å². The van der Waals surface area contributed by atoms with Gasteiger partial charge in [0.1, 0.15) is 11.6 Å². The summed E-state index contributed by atoms with van der Waals surface area (Å²) in [4.78, 5) is 29.1. The third-order valence-electron chi connectivity index (χ3n) is 5.82. The smallest absolute Gasteiger partial charge is 0.336 e. The number of hydrogen-bond donors (Lipinski definition) is 2. The van der Waals surface area contributed by atoms with Crippen LogP contribution in [0.15, 0.2) is 71.9 Å². The average molecular weight is 509 g/mol. The topological polar surface area (TPSA) is 129 Å². The second-order valence-electron chi connectivity index (χ2n) is 8.15. The number of pyridine rings is 1. The number of nitrogens with zero attached hydrogens (tertiary/aromatic N) is 5. The lowest BCUT2D eigenvalue weighted by Crippen LogP contribution is -2.47. The zero-order valence-electron chi connectivity index (χ0n) is 18.9. The van der Waals surface area contributed by atoms with Crippen molar-refractivity contribution >= 4 is 44.3 Å². The van der Waals surface area contributed by atoms with Crippen molar-refractivity contribution in [3.8, 4) is 0 Å². The Labute approximate surface area is 206 Å². The van der Waals surface area contributed by atoms with Gasteiger partial charge in [-0.2, -0.15) is 0 Å². The Morgan fingerprint density at radius 3 is 2.36 bits per heavy atom. The van der Waals surface area contributed by atoms with Crippen molar-refractivity contribution < 1.29 is 22.7 Å². The number of benzene rings is 2. The van der Waals surface area contributed by atoms with Gasteiger partial charge in [0.2, 0.25) is 5.95 Å². The quantitative estimate of drug-likeness (QED) is 0.404. The highest BCUT2D eigenvalue weighted by atomic mass is 32.2. The Morgan fingerprint density at radius 1 is 0.944 bits per heavy atom. The van der Waals surface area contributed by atoms with Crippen LogP contribution in [0.25, 0.3) is 10.9 Å². The first-order valence-electron chi connectivity index (χ1n) is 11.0. The number of carboxylic acid groups (broad SMARTS) is 1. The van der Waals surface area contributed by atoms with E-state index in [9.17, 15) is 22.7 Å². The van der Waals surface area contributed by atoms with Gasteiger partial charge in [0, 0.05) is 49.6 Å². The number of sulfonamides is 1. The number of rotatable bonds is 6. The number of carbonyl (C=O) groups is 1.